The molecule has 1 N–H and O–H groups in total. The van der Waals surface area contributed by atoms with Gasteiger partial charge in [0.25, 0.3) is 0 Å². The first kappa shape index (κ1) is 19.8. The van der Waals surface area contributed by atoms with Gasteiger partial charge in [0.2, 0.25) is 5.91 Å². The highest BCUT2D eigenvalue weighted by molar-refractivity contribution is 5.92. The predicted molar refractivity (Wildman–Crippen MR) is 110 cm³/mol. The molecule has 1 amide bonds. The normalized spacial score (nSPS) is 14.5. The van der Waals surface area contributed by atoms with Crippen LogP contribution in [0.4, 0.5) is 11.4 Å². The predicted octanol–water partition coefficient (Wildman–Crippen LogP) is 2.47. The second-order valence-electron chi connectivity index (χ2n) is 6.58. The summed E-state index contributed by atoms with van der Waals surface area (Å²) in [4.78, 5) is 16.9. The monoisotopic (exact) mass is 385 g/mol. The zero-order valence-electron chi connectivity index (χ0n) is 16.6. The third-order valence-corrected chi connectivity index (χ3v) is 4.84. The summed E-state index contributed by atoms with van der Waals surface area (Å²) in [5.74, 6) is 2.04. The number of hydrogen-bond acceptors (Lipinski definition) is 6. The highest BCUT2D eigenvalue weighted by atomic mass is 16.5. The molecule has 3 rings (SSSR count). The van der Waals surface area contributed by atoms with Crippen LogP contribution in [0, 0.1) is 0 Å². The fraction of sp³-hybridized carbons (Fsp3) is 0.381. The van der Waals surface area contributed by atoms with Gasteiger partial charge in [-0.1, -0.05) is 0 Å². The summed E-state index contributed by atoms with van der Waals surface area (Å²) >= 11 is 0. The summed E-state index contributed by atoms with van der Waals surface area (Å²) in [5, 5.41) is 2.93. The van der Waals surface area contributed by atoms with E-state index in [2.05, 4.69) is 27.2 Å². The lowest BCUT2D eigenvalue weighted by molar-refractivity contribution is -0.117. The molecule has 1 saturated heterocycles. The zero-order chi connectivity index (χ0) is 19.9. The summed E-state index contributed by atoms with van der Waals surface area (Å²) in [6.07, 6.45) is 0. The summed E-state index contributed by atoms with van der Waals surface area (Å²) < 4.78 is 15.7. The number of hydrogen-bond donors (Lipinski definition) is 1. The van der Waals surface area contributed by atoms with E-state index in [0.29, 0.717) is 23.7 Å². The van der Waals surface area contributed by atoms with Crippen molar-refractivity contribution in [2.45, 2.75) is 0 Å². The molecule has 0 radical (unpaired) electrons. The molecule has 0 aromatic heterocycles. The Morgan fingerprint density at radius 3 is 2.18 bits per heavy atom. The van der Waals surface area contributed by atoms with Crippen molar-refractivity contribution in [3.63, 3.8) is 0 Å². The number of nitrogens with zero attached hydrogens (tertiary/aromatic N) is 2. The number of piperazine rings is 1. The molecule has 0 atom stereocenters. The lowest BCUT2D eigenvalue weighted by Crippen LogP contribution is -2.48. The van der Waals surface area contributed by atoms with E-state index in [4.69, 9.17) is 14.2 Å². The molecular weight excluding hydrogens is 358 g/mol. The number of carbonyl (C=O) groups excluding carboxylic acids is 1. The van der Waals surface area contributed by atoms with Crippen LogP contribution in [0.3, 0.4) is 0 Å². The van der Waals surface area contributed by atoms with Crippen molar-refractivity contribution >= 4 is 17.3 Å². The molecule has 1 aliphatic rings. The Kier molecular flexibility index (Phi) is 6.60. The van der Waals surface area contributed by atoms with E-state index in [-0.39, 0.29) is 5.91 Å². The average Bonchev–Trinajstić information content (AvgIpc) is 2.74. The molecule has 28 heavy (non-hydrogen) atoms. The van der Waals surface area contributed by atoms with Gasteiger partial charge in [0.05, 0.1) is 27.9 Å². The molecule has 7 nitrogen and oxygen atoms in total. The minimum Gasteiger partial charge on any atom is -0.497 e. The number of nitrogens with one attached hydrogen (secondary N) is 1. The molecule has 1 heterocycles. The smallest absolute Gasteiger partial charge is 0.238 e. The zero-order valence-corrected chi connectivity index (χ0v) is 16.6. The Labute approximate surface area is 165 Å². The number of benzene rings is 2. The standard InChI is InChI=1S/C21H27N3O4/c1-26-18-7-5-17(6-8-18)24-12-10-23(11-13-24)15-21(25)22-16-4-9-19(27-2)20(14-16)28-3/h4-9,14H,10-13,15H2,1-3H3,(H,22,25). The first-order chi connectivity index (χ1) is 13.6. The Morgan fingerprint density at radius 2 is 1.57 bits per heavy atom. The SMILES string of the molecule is COc1ccc(N2CCN(CC(=O)Nc3ccc(OC)c(OC)c3)CC2)cc1. The van der Waals surface area contributed by atoms with E-state index in [1.165, 1.54) is 5.69 Å². The number of amides is 1. The van der Waals surface area contributed by atoms with Gasteiger partial charge < -0.3 is 24.4 Å². The third kappa shape index (κ3) is 4.86. The molecule has 150 valence electrons. The fourth-order valence-electron chi connectivity index (χ4n) is 3.27. The lowest BCUT2D eigenvalue weighted by Gasteiger charge is -2.35. The van der Waals surface area contributed by atoms with Crippen LogP contribution in [0.25, 0.3) is 0 Å². The van der Waals surface area contributed by atoms with Crippen molar-refractivity contribution < 1.29 is 19.0 Å². The first-order valence-corrected chi connectivity index (χ1v) is 9.26. The summed E-state index contributed by atoms with van der Waals surface area (Å²) in [5.41, 5.74) is 1.87. The minimum absolute atomic E-state index is 0.0369. The lowest BCUT2D eigenvalue weighted by atomic mass is 10.2. The maximum atomic E-state index is 12.4. The summed E-state index contributed by atoms with van der Waals surface area (Å²) in [7, 11) is 4.83. The molecule has 0 saturated carbocycles. The van der Waals surface area contributed by atoms with Crippen LogP contribution >= 0.6 is 0 Å². The van der Waals surface area contributed by atoms with Crippen LogP contribution in [0.2, 0.25) is 0 Å². The molecule has 2 aromatic rings. The number of rotatable bonds is 7. The van der Waals surface area contributed by atoms with Crippen molar-refractivity contribution in [1.82, 2.24) is 4.90 Å². The van der Waals surface area contributed by atoms with Crippen molar-refractivity contribution in [2.75, 3.05) is 64.3 Å². The van der Waals surface area contributed by atoms with Crippen molar-refractivity contribution in [3.8, 4) is 17.2 Å². The van der Waals surface area contributed by atoms with Crippen molar-refractivity contribution in [1.29, 1.82) is 0 Å². The largest absolute Gasteiger partial charge is 0.497 e. The Morgan fingerprint density at radius 1 is 0.893 bits per heavy atom. The Balaban J connectivity index is 1.49. The highest BCUT2D eigenvalue weighted by Crippen LogP contribution is 2.29. The van der Waals surface area contributed by atoms with Gasteiger partial charge in [0.1, 0.15) is 5.75 Å². The number of ether oxygens (including phenoxy) is 3. The second kappa shape index (κ2) is 9.32. The second-order valence-corrected chi connectivity index (χ2v) is 6.58. The van der Waals surface area contributed by atoms with Crippen LogP contribution < -0.4 is 24.4 Å². The average molecular weight is 385 g/mol. The quantitative estimate of drug-likeness (QED) is 0.790. The molecule has 0 bridgehead atoms. The fourth-order valence-corrected chi connectivity index (χ4v) is 3.27. The molecule has 0 aliphatic carbocycles. The van der Waals surface area contributed by atoms with E-state index < -0.39 is 0 Å². The van der Waals surface area contributed by atoms with E-state index in [0.717, 1.165) is 31.9 Å². The molecule has 2 aromatic carbocycles. The molecule has 0 unspecified atom stereocenters. The number of anilines is 2. The summed E-state index contributed by atoms with van der Waals surface area (Å²) in [6.45, 7) is 3.81. The molecule has 0 spiro atoms. The van der Waals surface area contributed by atoms with Gasteiger partial charge in [-0.25, -0.2) is 0 Å². The van der Waals surface area contributed by atoms with Gasteiger partial charge >= 0.3 is 0 Å². The molecule has 7 heteroatoms. The van der Waals surface area contributed by atoms with Crippen LogP contribution in [0.5, 0.6) is 17.2 Å². The van der Waals surface area contributed by atoms with E-state index in [1.807, 2.05) is 12.1 Å². The number of carbonyl (C=O) groups is 1. The maximum absolute atomic E-state index is 12.4. The van der Waals surface area contributed by atoms with Crippen molar-refractivity contribution in [3.05, 3.63) is 42.5 Å². The van der Waals surface area contributed by atoms with Gasteiger partial charge in [0.15, 0.2) is 11.5 Å². The third-order valence-electron chi connectivity index (χ3n) is 4.84. The van der Waals surface area contributed by atoms with Crippen LogP contribution in [0.15, 0.2) is 42.5 Å². The Bertz CT molecular complexity index is 787. The highest BCUT2D eigenvalue weighted by Gasteiger charge is 2.19. The van der Waals surface area contributed by atoms with Crippen LogP contribution in [-0.4, -0.2) is 64.9 Å². The van der Waals surface area contributed by atoms with Crippen molar-refractivity contribution in [2.24, 2.45) is 0 Å². The van der Waals surface area contributed by atoms with Gasteiger partial charge in [-0.3, -0.25) is 9.69 Å². The van der Waals surface area contributed by atoms with Gasteiger partial charge in [-0.05, 0) is 36.4 Å². The van der Waals surface area contributed by atoms with Gasteiger partial charge in [-0.15, -0.1) is 0 Å². The maximum Gasteiger partial charge on any atom is 0.238 e. The number of methoxy groups -OCH3 is 3. The summed E-state index contributed by atoms with van der Waals surface area (Å²) in [6, 6.07) is 13.4. The van der Waals surface area contributed by atoms with E-state index in [1.54, 1.807) is 39.5 Å². The first-order valence-electron chi connectivity index (χ1n) is 9.26. The van der Waals surface area contributed by atoms with E-state index in [9.17, 15) is 4.79 Å². The topological polar surface area (TPSA) is 63.3 Å². The minimum atomic E-state index is -0.0369. The van der Waals surface area contributed by atoms with Crippen LogP contribution in [-0.2, 0) is 4.79 Å². The molecule has 1 fully saturated rings. The Hall–Kier alpha value is -2.93. The van der Waals surface area contributed by atoms with Gasteiger partial charge in [-0.2, -0.15) is 0 Å². The van der Waals surface area contributed by atoms with Crippen LogP contribution in [0.1, 0.15) is 0 Å². The molecular formula is C21H27N3O4. The van der Waals surface area contributed by atoms with Gasteiger partial charge in [0, 0.05) is 43.6 Å². The molecule has 1 aliphatic heterocycles. The van der Waals surface area contributed by atoms with E-state index >= 15 is 0 Å².